The van der Waals surface area contributed by atoms with Gasteiger partial charge in [-0.15, -0.1) is 0 Å². The van der Waals surface area contributed by atoms with Crippen molar-refractivity contribution in [2.75, 3.05) is 25.0 Å². The standard InChI is InChI=1S/C22H24N4O4S/c1-4-26(5-2)31(27,28)19-13-7-16(8-14-19)21-25-20(15-23)22(30-21)24-17-9-11-18(12-10-17)29-6-3/h7-14,24H,4-6H2,1-3H3. The number of anilines is 2. The molecule has 0 fully saturated rings. The molecule has 162 valence electrons. The number of nitriles is 1. The molecule has 3 rings (SSSR count). The first-order chi connectivity index (χ1) is 14.9. The molecular formula is C22H24N4O4S. The van der Waals surface area contributed by atoms with E-state index in [-0.39, 0.29) is 22.4 Å². The first-order valence-electron chi connectivity index (χ1n) is 9.94. The highest BCUT2D eigenvalue weighted by Crippen LogP contribution is 2.29. The van der Waals surface area contributed by atoms with Crippen molar-refractivity contribution in [3.05, 3.63) is 54.2 Å². The van der Waals surface area contributed by atoms with E-state index < -0.39 is 10.0 Å². The molecule has 0 bridgehead atoms. The molecule has 31 heavy (non-hydrogen) atoms. The predicted molar refractivity (Wildman–Crippen MR) is 118 cm³/mol. The Bertz CT molecular complexity index is 1160. The largest absolute Gasteiger partial charge is 0.494 e. The zero-order chi connectivity index (χ0) is 22.4. The Morgan fingerprint density at radius 1 is 1.06 bits per heavy atom. The Hall–Kier alpha value is -3.35. The molecular weight excluding hydrogens is 416 g/mol. The Morgan fingerprint density at radius 3 is 2.26 bits per heavy atom. The number of nitrogens with one attached hydrogen (secondary N) is 1. The van der Waals surface area contributed by atoms with Gasteiger partial charge >= 0.3 is 0 Å². The lowest BCUT2D eigenvalue weighted by Gasteiger charge is -2.18. The minimum atomic E-state index is -3.55. The van der Waals surface area contributed by atoms with E-state index in [1.165, 1.54) is 16.4 Å². The van der Waals surface area contributed by atoms with Crippen molar-refractivity contribution in [3.8, 4) is 23.3 Å². The molecule has 0 unspecified atom stereocenters. The van der Waals surface area contributed by atoms with Gasteiger partial charge in [-0.05, 0) is 55.5 Å². The molecule has 0 radical (unpaired) electrons. The third-order valence-electron chi connectivity index (χ3n) is 4.60. The number of nitrogens with zero attached hydrogens (tertiary/aromatic N) is 3. The van der Waals surface area contributed by atoms with Crippen LogP contribution in [0.1, 0.15) is 26.5 Å². The quantitative estimate of drug-likeness (QED) is 0.526. The highest BCUT2D eigenvalue weighted by Gasteiger charge is 2.22. The molecule has 9 heteroatoms. The van der Waals surface area contributed by atoms with E-state index in [4.69, 9.17) is 9.15 Å². The minimum Gasteiger partial charge on any atom is -0.494 e. The van der Waals surface area contributed by atoms with Gasteiger partial charge in [-0.3, -0.25) is 0 Å². The molecule has 0 atom stereocenters. The van der Waals surface area contributed by atoms with Gasteiger partial charge in [-0.1, -0.05) is 13.8 Å². The summed E-state index contributed by atoms with van der Waals surface area (Å²) < 4.78 is 37.8. The smallest absolute Gasteiger partial charge is 0.243 e. The van der Waals surface area contributed by atoms with Crippen LogP contribution >= 0.6 is 0 Å². The van der Waals surface area contributed by atoms with Crippen LogP contribution in [0.5, 0.6) is 5.75 Å². The molecule has 3 aromatic rings. The average molecular weight is 441 g/mol. The zero-order valence-corrected chi connectivity index (χ0v) is 18.4. The third kappa shape index (κ3) is 4.87. The maximum Gasteiger partial charge on any atom is 0.243 e. The van der Waals surface area contributed by atoms with Gasteiger partial charge in [-0.2, -0.15) is 14.6 Å². The summed E-state index contributed by atoms with van der Waals surface area (Å²) in [5, 5.41) is 12.5. The van der Waals surface area contributed by atoms with Crippen LogP contribution in [0.4, 0.5) is 11.6 Å². The maximum atomic E-state index is 12.6. The van der Waals surface area contributed by atoms with Crippen molar-refractivity contribution in [1.29, 1.82) is 5.26 Å². The van der Waals surface area contributed by atoms with Crippen LogP contribution < -0.4 is 10.1 Å². The van der Waals surface area contributed by atoms with Crippen LogP contribution in [0.2, 0.25) is 0 Å². The molecule has 0 saturated carbocycles. The summed E-state index contributed by atoms with van der Waals surface area (Å²) in [5.74, 6) is 1.17. The minimum absolute atomic E-state index is 0.101. The molecule has 0 saturated heterocycles. The van der Waals surface area contributed by atoms with Gasteiger partial charge in [0.25, 0.3) is 0 Å². The Balaban J connectivity index is 1.84. The fourth-order valence-electron chi connectivity index (χ4n) is 3.02. The average Bonchev–Trinajstić information content (AvgIpc) is 3.19. The van der Waals surface area contributed by atoms with Crippen molar-refractivity contribution in [3.63, 3.8) is 0 Å². The Kier molecular flexibility index (Phi) is 6.95. The van der Waals surface area contributed by atoms with Crippen molar-refractivity contribution >= 4 is 21.6 Å². The van der Waals surface area contributed by atoms with Gasteiger partial charge in [0.2, 0.25) is 27.5 Å². The highest BCUT2D eigenvalue weighted by atomic mass is 32.2. The molecule has 0 aliphatic heterocycles. The second-order valence-electron chi connectivity index (χ2n) is 6.50. The van der Waals surface area contributed by atoms with E-state index in [0.29, 0.717) is 30.9 Å². The number of hydrogen-bond acceptors (Lipinski definition) is 7. The van der Waals surface area contributed by atoms with Crippen LogP contribution in [0, 0.1) is 11.3 Å². The van der Waals surface area contributed by atoms with E-state index in [9.17, 15) is 13.7 Å². The van der Waals surface area contributed by atoms with Crippen LogP contribution in [0.3, 0.4) is 0 Å². The Labute approximate surface area is 182 Å². The summed E-state index contributed by atoms with van der Waals surface area (Å²) in [6.07, 6.45) is 0. The van der Waals surface area contributed by atoms with E-state index >= 15 is 0 Å². The lowest BCUT2D eigenvalue weighted by molar-refractivity contribution is 0.340. The van der Waals surface area contributed by atoms with Crippen LogP contribution in [0.15, 0.2) is 57.8 Å². The van der Waals surface area contributed by atoms with Gasteiger partial charge in [0.1, 0.15) is 11.8 Å². The van der Waals surface area contributed by atoms with Crippen molar-refractivity contribution in [1.82, 2.24) is 9.29 Å². The third-order valence-corrected chi connectivity index (χ3v) is 6.66. The lowest BCUT2D eigenvalue weighted by atomic mass is 10.2. The molecule has 0 aliphatic carbocycles. The summed E-state index contributed by atoms with van der Waals surface area (Å²) in [6, 6.07) is 15.5. The van der Waals surface area contributed by atoms with E-state index in [2.05, 4.69) is 10.3 Å². The van der Waals surface area contributed by atoms with E-state index in [1.807, 2.05) is 25.1 Å². The number of oxazole rings is 1. The van der Waals surface area contributed by atoms with E-state index in [0.717, 1.165) is 5.75 Å². The first kappa shape index (κ1) is 22.3. The summed E-state index contributed by atoms with van der Waals surface area (Å²) in [6.45, 7) is 6.87. The zero-order valence-electron chi connectivity index (χ0n) is 17.6. The molecule has 0 spiro atoms. The van der Waals surface area contributed by atoms with Crippen molar-refractivity contribution in [2.45, 2.75) is 25.7 Å². The summed E-state index contributed by atoms with van der Waals surface area (Å²) in [7, 11) is -3.55. The topological polar surface area (TPSA) is 108 Å². The molecule has 1 heterocycles. The maximum absolute atomic E-state index is 12.6. The number of benzene rings is 2. The molecule has 2 aromatic carbocycles. The SMILES string of the molecule is CCOc1ccc(Nc2oc(-c3ccc(S(=O)(=O)N(CC)CC)cc3)nc2C#N)cc1. The van der Waals surface area contributed by atoms with Crippen LogP contribution in [-0.4, -0.2) is 37.4 Å². The summed E-state index contributed by atoms with van der Waals surface area (Å²) in [5.41, 5.74) is 1.38. The molecule has 1 N–H and O–H groups in total. The van der Waals surface area contributed by atoms with Gasteiger partial charge in [-0.25, -0.2) is 8.42 Å². The normalized spacial score (nSPS) is 11.3. The van der Waals surface area contributed by atoms with Crippen molar-refractivity contribution in [2.24, 2.45) is 0 Å². The molecule has 1 aromatic heterocycles. The number of rotatable bonds is 9. The molecule has 0 aliphatic rings. The number of hydrogen-bond donors (Lipinski definition) is 1. The Morgan fingerprint density at radius 2 is 1.71 bits per heavy atom. The number of aromatic nitrogens is 1. The van der Waals surface area contributed by atoms with Gasteiger partial charge < -0.3 is 14.5 Å². The van der Waals surface area contributed by atoms with Crippen LogP contribution in [0.25, 0.3) is 11.5 Å². The van der Waals surface area contributed by atoms with Crippen molar-refractivity contribution < 1.29 is 17.6 Å². The molecule has 8 nitrogen and oxygen atoms in total. The summed E-state index contributed by atoms with van der Waals surface area (Å²) >= 11 is 0. The predicted octanol–water partition coefficient (Wildman–Crippen LogP) is 4.39. The second-order valence-corrected chi connectivity index (χ2v) is 8.44. The first-order valence-corrected chi connectivity index (χ1v) is 11.4. The number of ether oxygens (including phenoxy) is 1. The van der Waals surface area contributed by atoms with Crippen LogP contribution in [-0.2, 0) is 10.0 Å². The molecule has 0 amide bonds. The number of sulfonamides is 1. The van der Waals surface area contributed by atoms with Gasteiger partial charge in [0, 0.05) is 24.3 Å². The highest BCUT2D eigenvalue weighted by molar-refractivity contribution is 7.89. The fraction of sp³-hybridized carbons (Fsp3) is 0.273. The second kappa shape index (κ2) is 9.64. The monoisotopic (exact) mass is 440 g/mol. The lowest BCUT2D eigenvalue weighted by Crippen LogP contribution is -2.30. The van der Waals surface area contributed by atoms with Gasteiger partial charge in [0.15, 0.2) is 0 Å². The fourth-order valence-corrected chi connectivity index (χ4v) is 4.48. The van der Waals surface area contributed by atoms with Gasteiger partial charge in [0.05, 0.1) is 11.5 Å². The summed E-state index contributed by atoms with van der Waals surface area (Å²) in [4.78, 5) is 4.42. The van der Waals surface area contributed by atoms with E-state index in [1.54, 1.807) is 38.1 Å².